The molecule has 0 saturated heterocycles. The smallest absolute Gasteiger partial charge is 0.228 e. The van der Waals surface area contributed by atoms with Crippen LogP contribution in [0.3, 0.4) is 0 Å². The zero-order valence-corrected chi connectivity index (χ0v) is 18.0. The Morgan fingerprint density at radius 3 is 2.60 bits per heavy atom. The van der Waals surface area contributed by atoms with Crippen LogP contribution in [0.25, 0.3) is 0 Å². The molecule has 0 aliphatic rings. The lowest BCUT2D eigenvalue weighted by atomic mass is 10.1. The zero-order valence-electron chi connectivity index (χ0n) is 14.2. The molecule has 2 aromatic rings. The molecule has 0 bridgehead atoms. The van der Waals surface area contributed by atoms with Gasteiger partial charge in [0.25, 0.3) is 0 Å². The van der Waals surface area contributed by atoms with Crippen molar-refractivity contribution in [3.63, 3.8) is 0 Å². The predicted molar refractivity (Wildman–Crippen MR) is 112 cm³/mol. The van der Waals surface area contributed by atoms with Crippen LogP contribution in [0.4, 0.5) is 0 Å². The number of aromatic nitrogens is 2. The van der Waals surface area contributed by atoms with E-state index in [0.717, 1.165) is 30.9 Å². The SMILES string of the molecule is CN=C(NCCCc1ccc(Cl)cc1Cl)NCCc1nc(C)no1.I. The Morgan fingerprint density at radius 2 is 1.96 bits per heavy atom. The first kappa shape index (κ1) is 22.0. The van der Waals surface area contributed by atoms with E-state index in [-0.39, 0.29) is 24.0 Å². The van der Waals surface area contributed by atoms with Crippen LogP contribution in [-0.4, -0.2) is 36.2 Å². The third-order valence-electron chi connectivity index (χ3n) is 3.36. The largest absolute Gasteiger partial charge is 0.356 e. The molecule has 1 aromatic heterocycles. The molecule has 1 aromatic carbocycles. The first-order valence-electron chi connectivity index (χ1n) is 7.76. The average molecular weight is 498 g/mol. The molecule has 0 atom stereocenters. The quantitative estimate of drug-likeness (QED) is 0.264. The molecule has 0 radical (unpaired) electrons. The molecule has 25 heavy (non-hydrogen) atoms. The van der Waals surface area contributed by atoms with Crippen molar-refractivity contribution >= 4 is 53.1 Å². The lowest BCUT2D eigenvalue weighted by Gasteiger charge is -2.11. The van der Waals surface area contributed by atoms with Crippen molar-refractivity contribution < 1.29 is 4.52 Å². The van der Waals surface area contributed by atoms with Gasteiger partial charge >= 0.3 is 0 Å². The van der Waals surface area contributed by atoms with Gasteiger partial charge in [0, 0.05) is 36.6 Å². The van der Waals surface area contributed by atoms with Crippen molar-refractivity contribution in [2.75, 3.05) is 20.1 Å². The Bertz CT molecular complexity index is 693. The van der Waals surface area contributed by atoms with E-state index in [1.807, 2.05) is 12.1 Å². The Kier molecular flexibility index (Phi) is 10.1. The highest BCUT2D eigenvalue weighted by atomic mass is 127. The van der Waals surface area contributed by atoms with Gasteiger partial charge in [0.15, 0.2) is 11.8 Å². The van der Waals surface area contributed by atoms with Crippen LogP contribution in [-0.2, 0) is 12.8 Å². The lowest BCUT2D eigenvalue weighted by Crippen LogP contribution is -2.38. The topological polar surface area (TPSA) is 75.3 Å². The van der Waals surface area contributed by atoms with Gasteiger partial charge in [-0.15, -0.1) is 24.0 Å². The monoisotopic (exact) mass is 497 g/mol. The highest BCUT2D eigenvalue weighted by molar-refractivity contribution is 14.0. The van der Waals surface area contributed by atoms with Crippen molar-refractivity contribution in [3.8, 4) is 0 Å². The summed E-state index contributed by atoms with van der Waals surface area (Å²) in [7, 11) is 1.74. The predicted octanol–water partition coefficient (Wildman–Crippen LogP) is 3.64. The summed E-state index contributed by atoms with van der Waals surface area (Å²) >= 11 is 12.1. The number of hydrogen-bond donors (Lipinski definition) is 2. The van der Waals surface area contributed by atoms with Crippen LogP contribution in [0.2, 0.25) is 10.0 Å². The Balaban J connectivity index is 0.00000312. The van der Waals surface area contributed by atoms with Crippen LogP contribution >= 0.6 is 47.2 Å². The van der Waals surface area contributed by atoms with Gasteiger partial charge in [0.05, 0.1) is 0 Å². The third-order valence-corrected chi connectivity index (χ3v) is 3.94. The van der Waals surface area contributed by atoms with Crippen LogP contribution in [0.5, 0.6) is 0 Å². The maximum absolute atomic E-state index is 6.17. The van der Waals surface area contributed by atoms with E-state index >= 15 is 0 Å². The molecule has 1 heterocycles. The van der Waals surface area contributed by atoms with Gasteiger partial charge in [0.1, 0.15) is 0 Å². The minimum atomic E-state index is 0. The Labute approximate surface area is 174 Å². The number of aryl methyl sites for hydroxylation is 2. The third kappa shape index (κ3) is 7.79. The second-order valence-corrected chi connectivity index (χ2v) is 6.09. The maximum Gasteiger partial charge on any atom is 0.228 e. The molecule has 0 amide bonds. The zero-order chi connectivity index (χ0) is 17.4. The Hall–Kier alpha value is -1.06. The number of benzene rings is 1. The van der Waals surface area contributed by atoms with Crippen molar-refractivity contribution in [2.24, 2.45) is 4.99 Å². The van der Waals surface area contributed by atoms with Crippen molar-refractivity contribution in [2.45, 2.75) is 26.2 Å². The van der Waals surface area contributed by atoms with E-state index in [1.54, 1.807) is 20.0 Å². The summed E-state index contributed by atoms with van der Waals surface area (Å²) in [6, 6.07) is 5.59. The van der Waals surface area contributed by atoms with Crippen LogP contribution < -0.4 is 10.6 Å². The fourth-order valence-electron chi connectivity index (χ4n) is 2.16. The number of aliphatic imine (C=N–C) groups is 1. The highest BCUT2D eigenvalue weighted by Gasteiger charge is 2.04. The van der Waals surface area contributed by atoms with Crippen molar-refractivity contribution in [1.29, 1.82) is 0 Å². The van der Waals surface area contributed by atoms with Gasteiger partial charge in [-0.2, -0.15) is 4.98 Å². The van der Waals surface area contributed by atoms with E-state index in [2.05, 4.69) is 25.8 Å². The minimum absolute atomic E-state index is 0. The van der Waals surface area contributed by atoms with Gasteiger partial charge in [-0.1, -0.05) is 34.4 Å². The van der Waals surface area contributed by atoms with Gasteiger partial charge in [-0.05, 0) is 37.5 Å². The summed E-state index contributed by atoms with van der Waals surface area (Å²) in [4.78, 5) is 8.34. The van der Waals surface area contributed by atoms with E-state index in [4.69, 9.17) is 27.7 Å². The summed E-state index contributed by atoms with van der Waals surface area (Å²) in [5.41, 5.74) is 1.09. The van der Waals surface area contributed by atoms with Gasteiger partial charge in [-0.25, -0.2) is 0 Å². The Morgan fingerprint density at radius 1 is 1.20 bits per heavy atom. The lowest BCUT2D eigenvalue weighted by molar-refractivity contribution is 0.374. The summed E-state index contributed by atoms with van der Waals surface area (Å²) in [5, 5.41) is 11.6. The summed E-state index contributed by atoms with van der Waals surface area (Å²) in [6.07, 6.45) is 2.47. The first-order valence-corrected chi connectivity index (χ1v) is 8.51. The molecule has 0 unspecified atom stereocenters. The second-order valence-electron chi connectivity index (χ2n) is 5.25. The molecule has 138 valence electrons. The number of rotatable bonds is 7. The highest BCUT2D eigenvalue weighted by Crippen LogP contribution is 2.21. The molecular weight excluding hydrogens is 476 g/mol. The molecule has 2 N–H and O–H groups in total. The fourth-order valence-corrected chi connectivity index (χ4v) is 2.66. The van der Waals surface area contributed by atoms with Crippen LogP contribution in [0.15, 0.2) is 27.7 Å². The molecule has 0 fully saturated rings. The second kappa shape index (κ2) is 11.5. The maximum atomic E-state index is 6.17. The number of guanidine groups is 1. The van der Waals surface area contributed by atoms with Crippen LogP contribution in [0.1, 0.15) is 23.7 Å². The normalized spacial score (nSPS) is 11.1. The van der Waals surface area contributed by atoms with E-state index in [1.165, 1.54) is 0 Å². The van der Waals surface area contributed by atoms with Gasteiger partial charge in [0.2, 0.25) is 5.89 Å². The molecule has 6 nitrogen and oxygen atoms in total. The molecule has 0 aliphatic carbocycles. The average Bonchev–Trinajstić information content (AvgIpc) is 2.96. The summed E-state index contributed by atoms with van der Waals surface area (Å²) < 4.78 is 5.06. The number of nitrogens with one attached hydrogen (secondary N) is 2. The minimum Gasteiger partial charge on any atom is -0.356 e. The van der Waals surface area contributed by atoms with Gasteiger partial charge in [-0.3, -0.25) is 4.99 Å². The van der Waals surface area contributed by atoms with Crippen molar-refractivity contribution in [3.05, 3.63) is 45.5 Å². The number of nitrogens with zero attached hydrogens (tertiary/aromatic N) is 3. The van der Waals surface area contributed by atoms with Crippen molar-refractivity contribution in [1.82, 2.24) is 20.8 Å². The molecule has 9 heteroatoms. The number of hydrogen-bond acceptors (Lipinski definition) is 4. The van der Waals surface area contributed by atoms with E-state index < -0.39 is 0 Å². The molecular formula is C16H22Cl2IN5O. The van der Waals surface area contributed by atoms with Gasteiger partial charge < -0.3 is 15.2 Å². The van der Waals surface area contributed by atoms with Crippen LogP contribution in [0, 0.1) is 6.92 Å². The summed E-state index contributed by atoms with van der Waals surface area (Å²) in [6.45, 7) is 3.26. The standard InChI is InChI=1S/C16H21Cl2N5O.HI/c1-11-22-15(24-23-11)7-9-21-16(19-2)20-8-3-4-12-5-6-13(17)10-14(12)18;/h5-6,10H,3-4,7-9H2,1-2H3,(H2,19,20,21);1H. The summed E-state index contributed by atoms with van der Waals surface area (Å²) in [5.74, 6) is 2.01. The first-order chi connectivity index (χ1) is 11.6. The fraction of sp³-hybridized carbons (Fsp3) is 0.438. The molecule has 0 aliphatic heterocycles. The van der Waals surface area contributed by atoms with E-state index in [0.29, 0.717) is 34.7 Å². The number of halogens is 3. The van der Waals surface area contributed by atoms with E-state index in [9.17, 15) is 0 Å². The molecule has 0 spiro atoms. The molecule has 2 rings (SSSR count). The molecule has 0 saturated carbocycles.